The van der Waals surface area contributed by atoms with Crippen LogP contribution in [-0.2, 0) is 26.2 Å². The summed E-state index contributed by atoms with van der Waals surface area (Å²) in [5.74, 6) is -1.60. The second-order valence-corrected chi connectivity index (χ2v) is 10.5. The minimum Gasteiger partial charge on any atom is -0.480 e. The Kier molecular flexibility index (Phi) is 5.99. The van der Waals surface area contributed by atoms with Gasteiger partial charge in [-0.15, -0.1) is 16.4 Å². The number of ether oxygens (including phenoxy) is 1. The zero-order valence-electron chi connectivity index (χ0n) is 17.6. The Hall–Kier alpha value is -2.86. The molecule has 0 aliphatic heterocycles. The van der Waals surface area contributed by atoms with E-state index in [0.717, 1.165) is 25.9 Å². The Labute approximate surface area is 188 Å². The number of hydrogen-bond acceptors (Lipinski definition) is 7. The highest BCUT2D eigenvalue weighted by Gasteiger charge is 2.28. The van der Waals surface area contributed by atoms with Crippen LogP contribution in [0.1, 0.15) is 19.5 Å². The van der Waals surface area contributed by atoms with Gasteiger partial charge in [-0.25, -0.2) is 13.1 Å². The second-order valence-electron chi connectivity index (χ2n) is 7.71. The summed E-state index contributed by atoms with van der Waals surface area (Å²) in [7, 11) is -2.40. The first-order valence-electron chi connectivity index (χ1n) is 9.81. The van der Waals surface area contributed by atoms with Crippen LogP contribution in [0.5, 0.6) is 0 Å². The molecule has 2 N–H and O–H groups in total. The number of carboxylic acid groups (broad SMARTS) is 1. The third-order valence-electron chi connectivity index (χ3n) is 5.05. The fourth-order valence-corrected chi connectivity index (χ4v) is 6.02. The van der Waals surface area contributed by atoms with E-state index in [2.05, 4.69) is 15.0 Å². The van der Waals surface area contributed by atoms with Crippen molar-refractivity contribution in [2.75, 3.05) is 7.11 Å². The molecule has 0 unspecified atom stereocenters. The first-order valence-corrected chi connectivity index (χ1v) is 12.1. The van der Waals surface area contributed by atoms with Crippen molar-refractivity contribution in [1.29, 1.82) is 0 Å². The number of methoxy groups -OCH3 is 1. The van der Waals surface area contributed by atoms with E-state index in [4.69, 9.17) is 4.74 Å². The highest BCUT2D eigenvalue weighted by atomic mass is 32.2. The predicted octanol–water partition coefficient (Wildman–Crippen LogP) is 3.17. The van der Waals surface area contributed by atoms with E-state index < -0.39 is 28.0 Å². The molecule has 0 bridgehead atoms. The molecule has 0 saturated heterocycles. The van der Waals surface area contributed by atoms with Gasteiger partial charge in [0.2, 0.25) is 10.0 Å². The topological polar surface area (TPSA) is 123 Å². The highest BCUT2D eigenvalue weighted by molar-refractivity contribution is 7.89. The van der Waals surface area contributed by atoms with Crippen LogP contribution in [0.25, 0.3) is 25.9 Å². The molecule has 2 heterocycles. The average Bonchev–Trinajstić information content (AvgIpc) is 3.35. The number of aliphatic carboxylic acids is 1. The fraction of sp³-hybridized carbons (Fsp3) is 0.286. The molecule has 168 valence electrons. The van der Waals surface area contributed by atoms with Gasteiger partial charge < -0.3 is 9.84 Å². The maximum absolute atomic E-state index is 12.8. The quantitative estimate of drug-likeness (QED) is 0.402. The maximum Gasteiger partial charge on any atom is 0.322 e. The Bertz CT molecular complexity index is 1410. The lowest BCUT2D eigenvalue weighted by Crippen LogP contribution is -2.44. The van der Waals surface area contributed by atoms with E-state index in [9.17, 15) is 18.3 Å². The molecule has 0 radical (unpaired) electrons. The van der Waals surface area contributed by atoms with Crippen molar-refractivity contribution in [1.82, 2.24) is 19.7 Å². The molecule has 4 rings (SSSR count). The van der Waals surface area contributed by atoms with Crippen molar-refractivity contribution in [3.63, 3.8) is 0 Å². The van der Waals surface area contributed by atoms with Crippen LogP contribution in [-0.4, -0.2) is 47.6 Å². The summed E-state index contributed by atoms with van der Waals surface area (Å²) in [4.78, 5) is 11.5. The van der Waals surface area contributed by atoms with Gasteiger partial charge in [0.05, 0.1) is 23.4 Å². The third kappa shape index (κ3) is 4.24. The van der Waals surface area contributed by atoms with E-state index in [0.29, 0.717) is 12.3 Å². The van der Waals surface area contributed by atoms with Crippen LogP contribution in [0.4, 0.5) is 0 Å². The summed E-state index contributed by atoms with van der Waals surface area (Å²) < 4.78 is 36.4. The summed E-state index contributed by atoms with van der Waals surface area (Å²) in [6.45, 7) is 3.68. The first-order chi connectivity index (χ1) is 15.2. The smallest absolute Gasteiger partial charge is 0.322 e. The normalized spacial score (nSPS) is 13.2. The van der Waals surface area contributed by atoms with Crippen molar-refractivity contribution in [2.45, 2.75) is 31.4 Å². The number of nitrogens with one attached hydrogen (secondary N) is 1. The van der Waals surface area contributed by atoms with E-state index in [1.165, 1.54) is 17.4 Å². The molecule has 0 spiro atoms. The van der Waals surface area contributed by atoms with Crippen LogP contribution in [0.2, 0.25) is 0 Å². The predicted molar refractivity (Wildman–Crippen MR) is 122 cm³/mol. The molecular formula is C21H22N4O5S2. The number of nitrogens with zero attached hydrogens (tertiary/aromatic N) is 3. The van der Waals surface area contributed by atoms with Gasteiger partial charge in [0.15, 0.2) is 0 Å². The van der Waals surface area contributed by atoms with E-state index in [1.54, 1.807) is 44.0 Å². The SMILES string of the molecule is COCc1cn(-c2ccc3c(c2)sc2cc(S(=O)(=O)N[C@H](C(=O)O)C(C)C)ccc23)nn1. The lowest BCUT2D eigenvalue weighted by Gasteiger charge is -2.18. The van der Waals surface area contributed by atoms with Crippen molar-refractivity contribution in [2.24, 2.45) is 5.92 Å². The molecule has 11 heteroatoms. The van der Waals surface area contributed by atoms with Gasteiger partial charge in [-0.05, 0) is 30.2 Å². The van der Waals surface area contributed by atoms with E-state index in [1.807, 2.05) is 18.2 Å². The fourth-order valence-electron chi connectivity index (χ4n) is 3.40. The van der Waals surface area contributed by atoms with E-state index in [-0.39, 0.29) is 4.90 Å². The molecule has 0 amide bonds. The number of carbonyl (C=O) groups is 1. The number of hydrogen-bond donors (Lipinski definition) is 2. The molecule has 32 heavy (non-hydrogen) atoms. The van der Waals surface area contributed by atoms with E-state index >= 15 is 0 Å². The van der Waals surface area contributed by atoms with Crippen LogP contribution < -0.4 is 4.72 Å². The number of sulfonamides is 1. The lowest BCUT2D eigenvalue weighted by molar-refractivity contribution is -0.140. The molecule has 9 nitrogen and oxygen atoms in total. The first kappa shape index (κ1) is 22.3. The molecular weight excluding hydrogens is 452 g/mol. The van der Waals surface area contributed by atoms with Gasteiger partial charge in [-0.2, -0.15) is 4.72 Å². The van der Waals surface area contributed by atoms with Crippen LogP contribution >= 0.6 is 11.3 Å². The van der Waals surface area contributed by atoms with Crippen molar-refractivity contribution in [3.8, 4) is 5.69 Å². The average molecular weight is 475 g/mol. The van der Waals surface area contributed by atoms with Crippen molar-refractivity contribution < 1.29 is 23.1 Å². The van der Waals surface area contributed by atoms with Crippen LogP contribution in [0.3, 0.4) is 0 Å². The number of fused-ring (bicyclic) bond motifs is 3. The molecule has 1 atom stereocenters. The zero-order valence-corrected chi connectivity index (χ0v) is 19.3. The summed E-state index contributed by atoms with van der Waals surface area (Å²) in [6.07, 6.45) is 1.79. The highest BCUT2D eigenvalue weighted by Crippen LogP contribution is 2.36. The van der Waals surface area contributed by atoms with Crippen LogP contribution in [0, 0.1) is 5.92 Å². The molecule has 4 aromatic rings. The largest absolute Gasteiger partial charge is 0.480 e. The zero-order chi connectivity index (χ0) is 23.0. The second kappa shape index (κ2) is 8.58. The van der Waals surface area contributed by atoms with Crippen molar-refractivity contribution >= 4 is 47.5 Å². The molecule has 0 saturated carbocycles. The van der Waals surface area contributed by atoms with Gasteiger partial charge in [0.25, 0.3) is 0 Å². The minimum absolute atomic E-state index is 0.0316. The summed E-state index contributed by atoms with van der Waals surface area (Å²) >= 11 is 1.45. The number of thiophene rings is 1. The van der Waals surface area contributed by atoms with Crippen LogP contribution in [0.15, 0.2) is 47.5 Å². The van der Waals surface area contributed by atoms with Gasteiger partial charge >= 0.3 is 5.97 Å². The lowest BCUT2D eigenvalue weighted by atomic mass is 10.1. The maximum atomic E-state index is 12.8. The van der Waals surface area contributed by atoms with Gasteiger partial charge in [0, 0.05) is 27.3 Å². The van der Waals surface area contributed by atoms with Gasteiger partial charge in [-0.3, -0.25) is 4.79 Å². The molecule has 0 fully saturated rings. The standard InChI is InChI=1S/C21H22N4O5S2/c1-12(2)20(21(26)27)23-32(28,29)15-5-7-17-16-6-4-14(8-18(16)31-19(17)9-15)25-10-13(11-30-3)22-24-25/h4-10,12,20,23H,11H2,1-3H3,(H,26,27)/t20-/m0/s1. The molecule has 2 aromatic heterocycles. The molecule has 2 aromatic carbocycles. The molecule has 0 aliphatic carbocycles. The Morgan fingerprint density at radius 3 is 2.53 bits per heavy atom. The van der Waals surface area contributed by atoms with Gasteiger partial charge in [-0.1, -0.05) is 31.2 Å². The number of carboxylic acids is 1. The van der Waals surface area contributed by atoms with Crippen molar-refractivity contribution in [3.05, 3.63) is 48.3 Å². The number of benzene rings is 2. The third-order valence-corrected chi connectivity index (χ3v) is 7.61. The summed E-state index contributed by atoms with van der Waals surface area (Å²) in [5, 5.41) is 19.4. The summed E-state index contributed by atoms with van der Waals surface area (Å²) in [6, 6.07) is 9.48. The summed E-state index contributed by atoms with van der Waals surface area (Å²) in [5.41, 5.74) is 1.54. The number of rotatable bonds is 8. The Morgan fingerprint density at radius 1 is 1.19 bits per heavy atom. The Morgan fingerprint density at radius 2 is 1.88 bits per heavy atom. The monoisotopic (exact) mass is 474 g/mol. The number of aromatic nitrogens is 3. The molecule has 0 aliphatic rings. The Balaban J connectivity index is 1.71. The van der Waals surface area contributed by atoms with Gasteiger partial charge in [0.1, 0.15) is 11.7 Å². The minimum atomic E-state index is -3.99.